The van der Waals surface area contributed by atoms with Gasteiger partial charge in [-0.2, -0.15) is 0 Å². The van der Waals surface area contributed by atoms with Gasteiger partial charge in [0.2, 0.25) is 0 Å². The molecule has 0 saturated heterocycles. The second-order valence-electron chi connectivity index (χ2n) is 7.12. The molecule has 0 bridgehead atoms. The summed E-state index contributed by atoms with van der Waals surface area (Å²) in [4.78, 5) is 27.0. The lowest BCUT2D eigenvalue weighted by Gasteiger charge is -2.37. The molecule has 1 amide bonds. The van der Waals surface area contributed by atoms with Crippen LogP contribution in [-0.2, 0) is 14.3 Å². The van der Waals surface area contributed by atoms with Gasteiger partial charge in [0.15, 0.2) is 11.7 Å². The largest absolute Gasteiger partial charge is 0.484 e. The number of thiocarbonyl (C=S) groups is 1. The molecular formula is C24H27N3O4S. The van der Waals surface area contributed by atoms with Crippen molar-refractivity contribution < 1.29 is 19.1 Å². The van der Waals surface area contributed by atoms with Crippen LogP contribution < -0.4 is 15.4 Å². The lowest BCUT2D eigenvalue weighted by molar-refractivity contribution is -0.139. The van der Waals surface area contributed by atoms with Crippen molar-refractivity contribution >= 4 is 34.9 Å². The smallest absolute Gasteiger partial charge is 0.338 e. The summed E-state index contributed by atoms with van der Waals surface area (Å²) in [6, 6.07) is 15.9. The molecule has 0 fully saturated rings. The van der Waals surface area contributed by atoms with Crippen LogP contribution in [0.1, 0.15) is 32.4 Å². The Labute approximate surface area is 193 Å². The average Bonchev–Trinajstić information content (AvgIpc) is 2.78. The van der Waals surface area contributed by atoms with Crippen molar-refractivity contribution in [2.75, 3.05) is 25.1 Å². The van der Waals surface area contributed by atoms with Crippen LogP contribution in [0.15, 0.2) is 65.9 Å². The quantitative estimate of drug-likeness (QED) is 0.465. The van der Waals surface area contributed by atoms with Crippen LogP contribution in [-0.4, -0.2) is 41.6 Å². The zero-order valence-corrected chi connectivity index (χ0v) is 19.2. The summed E-state index contributed by atoms with van der Waals surface area (Å²) >= 11 is 5.51. The van der Waals surface area contributed by atoms with Gasteiger partial charge < -0.3 is 25.0 Å². The molecule has 2 N–H and O–H groups in total. The van der Waals surface area contributed by atoms with E-state index in [9.17, 15) is 9.59 Å². The summed E-state index contributed by atoms with van der Waals surface area (Å²) in [5, 5.41) is 6.61. The number of rotatable bonds is 8. The Morgan fingerprint density at radius 3 is 2.56 bits per heavy atom. The van der Waals surface area contributed by atoms with E-state index in [2.05, 4.69) is 10.6 Å². The standard InChI is InChI=1S/C24H27N3O4S/c1-4-27-16(3)21(23(29)30-5-2)22(26-24(27)32)17-10-9-11-18(14-17)25-20(28)15-31-19-12-7-6-8-13-19/h6-14,22H,4-5,15H2,1-3H3,(H,25,28)(H,26,32). The Hall–Kier alpha value is -3.39. The van der Waals surface area contributed by atoms with Crippen molar-refractivity contribution in [3.63, 3.8) is 0 Å². The molecule has 0 saturated carbocycles. The number of ether oxygens (including phenoxy) is 2. The second-order valence-corrected chi connectivity index (χ2v) is 7.51. The Morgan fingerprint density at radius 2 is 1.88 bits per heavy atom. The Balaban J connectivity index is 1.80. The van der Waals surface area contributed by atoms with Crippen LogP contribution in [0.2, 0.25) is 0 Å². The maximum Gasteiger partial charge on any atom is 0.338 e. The number of carbonyl (C=O) groups excluding carboxylic acids is 2. The molecule has 1 atom stereocenters. The molecule has 0 aliphatic carbocycles. The van der Waals surface area contributed by atoms with Gasteiger partial charge in [-0.3, -0.25) is 4.79 Å². The zero-order valence-electron chi connectivity index (χ0n) is 18.4. The summed E-state index contributed by atoms with van der Waals surface area (Å²) in [7, 11) is 0. The van der Waals surface area contributed by atoms with E-state index >= 15 is 0 Å². The SMILES string of the molecule is CCOC(=O)C1=C(C)N(CC)C(=S)NC1c1cccc(NC(=O)COc2ccccc2)c1. The predicted octanol–water partition coefficient (Wildman–Crippen LogP) is 3.79. The summed E-state index contributed by atoms with van der Waals surface area (Å²) in [5.41, 5.74) is 2.63. The Bertz CT molecular complexity index is 1020. The number of para-hydroxylation sites is 1. The first-order valence-corrected chi connectivity index (χ1v) is 10.9. The first-order valence-electron chi connectivity index (χ1n) is 10.5. The van der Waals surface area contributed by atoms with Crippen LogP contribution >= 0.6 is 12.2 Å². The molecule has 168 valence electrons. The van der Waals surface area contributed by atoms with Gasteiger partial charge in [-0.05, 0) is 62.8 Å². The van der Waals surface area contributed by atoms with Crippen LogP contribution in [0, 0.1) is 0 Å². The normalized spacial score (nSPS) is 15.8. The van der Waals surface area contributed by atoms with Crippen LogP contribution in [0.5, 0.6) is 5.75 Å². The number of allylic oxidation sites excluding steroid dienone is 1. The highest BCUT2D eigenvalue weighted by atomic mass is 32.1. The maximum atomic E-state index is 12.8. The minimum absolute atomic E-state index is 0.113. The van der Waals surface area contributed by atoms with Gasteiger partial charge in [-0.15, -0.1) is 0 Å². The van der Waals surface area contributed by atoms with Crippen LogP contribution in [0.4, 0.5) is 5.69 Å². The minimum Gasteiger partial charge on any atom is -0.484 e. The van der Waals surface area contributed by atoms with Crippen LogP contribution in [0.25, 0.3) is 0 Å². The van der Waals surface area contributed by atoms with Crippen molar-refractivity contribution in [2.24, 2.45) is 0 Å². The van der Waals surface area contributed by atoms with E-state index in [0.29, 0.717) is 28.7 Å². The van der Waals surface area contributed by atoms with Crippen molar-refractivity contribution in [1.29, 1.82) is 0 Å². The molecule has 8 heteroatoms. The van der Waals surface area contributed by atoms with Gasteiger partial charge in [0.05, 0.1) is 18.2 Å². The van der Waals surface area contributed by atoms with Gasteiger partial charge in [-0.25, -0.2) is 4.79 Å². The Kier molecular flexibility index (Phi) is 7.83. The number of anilines is 1. The van der Waals surface area contributed by atoms with E-state index in [0.717, 1.165) is 11.3 Å². The van der Waals surface area contributed by atoms with E-state index in [1.54, 1.807) is 25.1 Å². The molecule has 1 unspecified atom stereocenters. The van der Waals surface area contributed by atoms with Gasteiger partial charge in [0.1, 0.15) is 5.75 Å². The first kappa shape index (κ1) is 23.3. The molecule has 2 aromatic rings. The number of esters is 1. The Morgan fingerprint density at radius 1 is 1.12 bits per heavy atom. The zero-order chi connectivity index (χ0) is 23.1. The molecule has 1 aliphatic heterocycles. The summed E-state index contributed by atoms with van der Waals surface area (Å²) in [6.07, 6.45) is 0. The molecule has 0 aromatic heterocycles. The van der Waals surface area contributed by atoms with E-state index < -0.39 is 12.0 Å². The van der Waals surface area contributed by atoms with Crippen molar-refractivity contribution in [3.8, 4) is 5.75 Å². The maximum absolute atomic E-state index is 12.8. The lowest BCUT2D eigenvalue weighted by atomic mass is 9.94. The molecule has 0 radical (unpaired) electrons. The molecule has 32 heavy (non-hydrogen) atoms. The molecule has 0 spiro atoms. The van der Waals surface area contributed by atoms with E-state index in [4.69, 9.17) is 21.7 Å². The fourth-order valence-corrected chi connectivity index (χ4v) is 3.93. The number of benzene rings is 2. The molecule has 2 aromatic carbocycles. The predicted molar refractivity (Wildman–Crippen MR) is 127 cm³/mol. The van der Waals surface area contributed by atoms with Crippen LogP contribution in [0.3, 0.4) is 0 Å². The topological polar surface area (TPSA) is 79.9 Å². The minimum atomic E-state index is -0.484. The van der Waals surface area contributed by atoms with E-state index in [1.807, 2.05) is 55.1 Å². The molecule has 7 nitrogen and oxygen atoms in total. The highest BCUT2D eigenvalue weighted by molar-refractivity contribution is 7.80. The molecule has 1 heterocycles. The molecule has 1 aliphatic rings. The lowest BCUT2D eigenvalue weighted by Crippen LogP contribution is -2.47. The monoisotopic (exact) mass is 453 g/mol. The van der Waals surface area contributed by atoms with Crippen molar-refractivity contribution in [1.82, 2.24) is 10.2 Å². The first-order chi connectivity index (χ1) is 15.4. The number of amides is 1. The fraction of sp³-hybridized carbons (Fsp3) is 0.292. The highest BCUT2D eigenvalue weighted by Crippen LogP contribution is 2.32. The van der Waals surface area contributed by atoms with E-state index in [-0.39, 0.29) is 19.1 Å². The number of carbonyl (C=O) groups is 2. The number of nitrogens with zero attached hydrogens (tertiary/aromatic N) is 1. The van der Waals surface area contributed by atoms with Gasteiger partial charge in [-0.1, -0.05) is 30.3 Å². The third kappa shape index (κ3) is 5.45. The third-order valence-corrected chi connectivity index (χ3v) is 5.36. The second kappa shape index (κ2) is 10.8. The number of hydrogen-bond donors (Lipinski definition) is 2. The third-order valence-electron chi connectivity index (χ3n) is 5.02. The highest BCUT2D eigenvalue weighted by Gasteiger charge is 2.34. The summed E-state index contributed by atoms with van der Waals surface area (Å²) in [5.74, 6) is -0.0572. The van der Waals surface area contributed by atoms with Crippen molar-refractivity contribution in [3.05, 3.63) is 71.4 Å². The summed E-state index contributed by atoms with van der Waals surface area (Å²) < 4.78 is 10.8. The molecule has 3 rings (SSSR count). The number of hydrogen-bond acceptors (Lipinski definition) is 5. The van der Waals surface area contributed by atoms with Gasteiger partial charge in [0.25, 0.3) is 5.91 Å². The van der Waals surface area contributed by atoms with Crippen molar-refractivity contribution in [2.45, 2.75) is 26.8 Å². The number of nitrogens with one attached hydrogen (secondary N) is 2. The fourth-order valence-electron chi connectivity index (χ4n) is 3.54. The van der Waals surface area contributed by atoms with Gasteiger partial charge in [0, 0.05) is 17.9 Å². The average molecular weight is 454 g/mol. The van der Waals surface area contributed by atoms with E-state index in [1.165, 1.54) is 0 Å². The molecular weight excluding hydrogens is 426 g/mol. The summed E-state index contributed by atoms with van der Waals surface area (Å²) in [6.45, 7) is 6.39. The van der Waals surface area contributed by atoms with Gasteiger partial charge >= 0.3 is 5.97 Å².